The van der Waals surface area contributed by atoms with E-state index in [1.807, 2.05) is 0 Å². The van der Waals surface area contributed by atoms with Crippen molar-refractivity contribution in [3.05, 3.63) is 59.2 Å². The van der Waals surface area contributed by atoms with Gasteiger partial charge in [-0.3, -0.25) is 9.10 Å². The van der Waals surface area contributed by atoms with Crippen LogP contribution in [-0.4, -0.2) is 33.7 Å². The Kier molecular flexibility index (Phi) is 5.83. The van der Waals surface area contributed by atoms with Crippen LogP contribution in [0.1, 0.15) is 27.9 Å². The normalized spacial score (nSPS) is 13.9. The van der Waals surface area contributed by atoms with Gasteiger partial charge in [-0.2, -0.15) is 8.78 Å². The van der Waals surface area contributed by atoms with Gasteiger partial charge in [0, 0.05) is 18.7 Å². The van der Waals surface area contributed by atoms with Gasteiger partial charge >= 0.3 is 6.61 Å². The summed E-state index contributed by atoms with van der Waals surface area (Å²) in [5.74, 6) is -0.248. The van der Waals surface area contributed by atoms with Crippen LogP contribution < -0.4 is 14.4 Å². The molecule has 0 atom stereocenters. The Bertz CT molecular complexity index is 962. The van der Waals surface area contributed by atoms with Crippen molar-refractivity contribution in [2.24, 2.45) is 0 Å². The zero-order chi connectivity index (χ0) is 20.3. The lowest BCUT2D eigenvalue weighted by atomic mass is 10.0. The zero-order valence-electron chi connectivity index (χ0n) is 15.2. The number of carbonyl (C=O) groups excluding carboxylic acids is 1. The number of amides is 1. The van der Waals surface area contributed by atoms with E-state index in [1.54, 1.807) is 30.3 Å². The number of halogens is 2. The summed E-state index contributed by atoms with van der Waals surface area (Å²) in [6.07, 6.45) is 2.56. The first kappa shape index (κ1) is 20.1. The van der Waals surface area contributed by atoms with Gasteiger partial charge in [0.2, 0.25) is 10.0 Å². The van der Waals surface area contributed by atoms with Crippen molar-refractivity contribution in [1.29, 1.82) is 0 Å². The first-order valence-corrected chi connectivity index (χ1v) is 10.5. The first-order valence-electron chi connectivity index (χ1n) is 8.66. The molecule has 0 aliphatic carbocycles. The first-order chi connectivity index (χ1) is 13.2. The predicted octanol–water partition coefficient (Wildman–Crippen LogP) is 2.93. The highest BCUT2D eigenvalue weighted by Crippen LogP contribution is 2.29. The summed E-state index contributed by atoms with van der Waals surface area (Å²) >= 11 is 0. The molecule has 28 heavy (non-hydrogen) atoms. The molecule has 150 valence electrons. The number of carbonyl (C=O) groups is 1. The van der Waals surface area contributed by atoms with Gasteiger partial charge in [-0.25, -0.2) is 8.42 Å². The minimum absolute atomic E-state index is 0.0511. The Morgan fingerprint density at radius 1 is 1.21 bits per heavy atom. The quantitative estimate of drug-likeness (QED) is 0.795. The number of nitrogens with zero attached hydrogens (tertiary/aromatic N) is 1. The van der Waals surface area contributed by atoms with Crippen LogP contribution in [0.15, 0.2) is 42.5 Å². The van der Waals surface area contributed by atoms with E-state index in [9.17, 15) is 22.0 Å². The van der Waals surface area contributed by atoms with Crippen molar-refractivity contribution in [2.75, 3.05) is 17.1 Å². The number of rotatable bonds is 6. The van der Waals surface area contributed by atoms with Crippen LogP contribution in [0.5, 0.6) is 5.75 Å². The molecule has 1 heterocycles. The van der Waals surface area contributed by atoms with Crippen LogP contribution in [0.3, 0.4) is 0 Å². The summed E-state index contributed by atoms with van der Waals surface area (Å²) in [5.41, 5.74) is 2.60. The monoisotopic (exact) mass is 410 g/mol. The van der Waals surface area contributed by atoms with Crippen LogP contribution in [0.4, 0.5) is 14.5 Å². The third kappa shape index (κ3) is 4.78. The molecule has 0 radical (unpaired) electrons. The third-order valence-corrected chi connectivity index (χ3v) is 5.60. The van der Waals surface area contributed by atoms with Crippen LogP contribution in [0, 0.1) is 0 Å². The highest BCUT2D eigenvalue weighted by molar-refractivity contribution is 7.92. The summed E-state index contributed by atoms with van der Waals surface area (Å²) in [6, 6.07) is 11.0. The second kappa shape index (κ2) is 8.14. The number of alkyl halides is 2. The Morgan fingerprint density at radius 3 is 2.57 bits per heavy atom. The van der Waals surface area contributed by atoms with Crippen LogP contribution >= 0.6 is 0 Å². The van der Waals surface area contributed by atoms with E-state index in [-0.39, 0.29) is 18.2 Å². The molecule has 0 unspecified atom stereocenters. The van der Waals surface area contributed by atoms with Crippen molar-refractivity contribution < 1.29 is 26.7 Å². The second-order valence-electron chi connectivity index (χ2n) is 6.49. The molecular formula is C19H20F2N2O4S. The molecule has 2 aromatic rings. The molecule has 1 amide bonds. The number of aryl methyl sites for hydroxylation is 1. The maximum absolute atomic E-state index is 12.4. The van der Waals surface area contributed by atoms with Crippen molar-refractivity contribution >= 4 is 21.6 Å². The second-order valence-corrected chi connectivity index (χ2v) is 8.39. The number of ether oxygens (including phenoxy) is 1. The maximum atomic E-state index is 12.4. The van der Waals surface area contributed by atoms with Crippen molar-refractivity contribution in [2.45, 2.75) is 26.0 Å². The topological polar surface area (TPSA) is 75.7 Å². The van der Waals surface area contributed by atoms with Gasteiger partial charge in [-0.05, 0) is 54.3 Å². The van der Waals surface area contributed by atoms with Crippen LogP contribution in [-0.2, 0) is 23.0 Å². The standard InChI is InChI=1S/C19H20F2N2O4S/c1-28(25,26)23-10-2-3-14-11-15(6-9-17(14)23)18(24)22-12-13-4-7-16(8-5-13)27-19(20)21/h4-9,11,19H,2-3,10,12H2,1H3,(H,22,24). The molecule has 0 bridgehead atoms. The van der Waals surface area contributed by atoms with E-state index in [0.717, 1.165) is 11.1 Å². The Morgan fingerprint density at radius 2 is 1.93 bits per heavy atom. The average molecular weight is 410 g/mol. The van der Waals surface area contributed by atoms with Crippen molar-refractivity contribution in [3.8, 4) is 5.75 Å². The fraction of sp³-hybridized carbons (Fsp3) is 0.316. The number of hydrogen-bond donors (Lipinski definition) is 1. The third-order valence-electron chi connectivity index (χ3n) is 4.42. The van der Waals surface area contributed by atoms with Gasteiger partial charge < -0.3 is 10.1 Å². The molecular weight excluding hydrogens is 390 g/mol. The molecule has 6 nitrogen and oxygen atoms in total. The Hall–Kier alpha value is -2.68. The van der Waals surface area contributed by atoms with E-state index in [1.165, 1.54) is 22.7 Å². The minimum Gasteiger partial charge on any atom is -0.435 e. The minimum atomic E-state index is -3.35. The fourth-order valence-electron chi connectivity index (χ4n) is 3.12. The average Bonchev–Trinajstić information content (AvgIpc) is 2.65. The van der Waals surface area contributed by atoms with Crippen LogP contribution in [0.2, 0.25) is 0 Å². The predicted molar refractivity (Wildman–Crippen MR) is 101 cm³/mol. The Balaban J connectivity index is 1.67. The maximum Gasteiger partial charge on any atom is 0.387 e. The lowest BCUT2D eigenvalue weighted by Crippen LogP contribution is -2.34. The van der Waals surface area contributed by atoms with Crippen LogP contribution in [0.25, 0.3) is 0 Å². The molecule has 0 aromatic heterocycles. The van der Waals surface area contributed by atoms with Gasteiger partial charge in [-0.15, -0.1) is 0 Å². The lowest BCUT2D eigenvalue weighted by Gasteiger charge is -2.29. The molecule has 0 fully saturated rings. The highest BCUT2D eigenvalue weighted by Gasteiger charge is 2.24. The molecule has 9 heteroatoms. The molecule has 2 aromatic carbocycles. The summed E-state index contributed by atoms with van der Waals surface area (Å²) in [4.78, 5) is 12.4. The summed E-state index contributed by atoms with van der Waals surface area (Å²) in [6.45, 7) is -2.23. The number of anilines is 1. The molecule has 1 N–H and O–H groups in total. The van der Waals surface area contributed by atoms with E-state index in [0.29, 0.717) is 30.6 Å². The molecule has 0 spiro atoms. The van der Waals surface area contributed by atoms with Gasteiger partial charge in [0.1, 0.15) is 5.75 Å². The Labute approximate surface area is 162 Å². The molecule has 0 saturated heterocycles. The fourth-order valence-corrected chi connectivity index (χ4v) is 4.12. The summed E-state index contributed by atoms with van der Waals surface area (Å²) in [7, 11) is -3.35. The summed E-state index contributed by atoms with van der Waals surface area (Å²) in [5, 5.41) is 2.76. The number of sulfonamides is 1. The highest BCUT2D eigenvalue weighted by atomic mass is 32.2. The zero-order valence-corrected chi connectivity index (χ0v) is 16.0. The van der Waals surface area contributed by atoms with E-state index in [2.05, 4.69) is 10.1 Å². The number of hydrogen-bond acceptors (Lipinski definition) is 4. The molecule has 1 aliphatic heterocycles. The SMILES string of the molecule is CS(=O)(=O)N1CCCc2cc(C(=O)NCc3ccc(OC(F)F)cc3)ccc21. The lowest BCUT2D eigenvalue weighted by molar-refractivity contribution is -0.0498. The van der Waals surface area contributed by atoms with Gasteiger partial charge in [0.25, 0.3) is 5.91 Å². The molecule has 1 aliphatic rings. The van der Waals surface area contributed by atoms with Gasteiger partial charge in [0.05, 0.1) is 11.9 Å². The van der Waals surface area contributed by atoms with Gasteiger partial charge in [0.15, 0.2) is 0 Å². The summed E-state index contributed by atoms with van der Waals surface area (Å²) < 4.78 is 53.8. The van der Waals surface area contributed by atoms with Gasteiger partial charge in [-0.1, -0.05) is 12.1 Å². The number of fused-ring (bicyclic) bond motifs is 1. The van der Waals surface area contributed by atoms with Crippen molar-refractivity contribution in [3.63, 3.8) is 0 Å². The molecule has 0 saturated carbocycles. The smallest absolute Gasteiger partial charge is 0.387 e. The van der Waals surface area contributed by atoms with Crippen molar-refractivity contribution in [1.82, 2.24) is 5.32 Å². The largest absolute Gasteiger partial charge is 0.435 e. The number of benzene rings is 2. The molecule has 3 rings (SSSR count). The van der Waals surface area contributed by atoms with E-state index >= 15 is 0 Å². The van der Waals surface area contributed by atoms with E-state index in [4.69, 9.17) is 0 Å². The van der Waals surface area contributed by atoms with E-state index < -0.39 is 16.6 Å². The number of nitrogens with one attached hydrogen (secondary N) is 1.